The Morgan fingerprint density at radius 1 is 1.47 bits per heavy atom. The van der Waals surface area contributed by atoms with Crippen LogP contribution in [0.1, 0.15) is 43.1 Å². The van der Waals surface area contributed by atoms with Gasteiger partial charge in [-0.2, -0.15) is 0 Å². The molecule has 0 amide bonds. The third kappa shape index (κ3) is 2.69. The number of hydrogen-bond donors (Lipinski definition) is 2. The summed E-state index contributed by atoms with van der Waals surface area (Å²) in [6, 6.07) is 3.29. The number of carbonyl (C=O) groups is 1. The Morgan fingerprint density at radius 2 is 2.12 bits per heavy atom. The number of rotatable bonds is 3. The monoisotopic (exact) mass is 254 g/mol. The second-order valence-electron chi connectivity index (χ2n) is 4.72. The fourth-order valence-corrected chi connectivity index (χ4v) is 2.44. The predicted octanol–water partition coefficient (Wildman–Crippen LogP) is 3.18. The minimum absolute atomic E-state index is 0.0244. The van der Waals surface area contributed by atoms with Crippen LogP contribution in [0.3, 0.4) is 0 Å². The minimum atomic E-state index is -1.10. The summed E-state index contributed by atoms with van der Waals surface area (Å²) in [5, 5.41) is 12.4. The Labute approximate surface area is 105 Å². The summed E-state index contributed by atoms with van der Waals surface area (Å²) in [7, 11) is 0. The molecule has 0 spiro atoms. The molecular weight excluding hydrogens is 240 g/mol. The second-order valence-corrected chi connectivity index (χ2v) is 5.13. The highest BCUT2D eigenvalue weighted by molar-refractivity contribution is 6.33. The maximum atomic E-state index is 10.9. The predicted molar refractivity (Wildman–Crippen MR) is 66.7 cm³/mol. The average Bonchev–Trinajstić information content (AvgIpc) is 2.67. The smallest absolute Gasteiger partial charge is 0.356 e. The molecule has 5 heteroatoms. The molecule has 1 aromatic heterocycles. The Hall–Kier alpha value is -1.29. The summed E-state index contributed by atoms with van der Waals surface area (Å²) >= 11 is 5.77. The molecule has 0 aliphatic heterocycles. The van der Waals surface area contributed by atoms with Crippen LogP contribution in [-0.4, -0.2) is 21.6 Å². The Morgan fingerprint density at radius 3 is 2.71 bits per heavy atom. The lowest BCUT2D eigenvalue weighted by Gasteiger charge is -2.26. The van der Waals surface area contributed by atoms with Crippen molar-refractivity contribution in [2.24, 2.45) is 0 Å². The normalized spacial score (nSPS) is 18.0. The van der Waals surface area contributed by atoms with Gasteiger partial charge in [-0.3, -0.25) is 0 Å². The first-order chi connectivity index (χ1) is 8.00. The van der Waals surface area contributed by atoms with Crippen LogP contribution < -0.4 is 5.32 Å². The van der Waals surface area contributed by atoms with Gasteiger partial charge in [0, 0.05) is 5.54 Å². The number of halogens is 1. The van der Waals surface area contributed by atoms with Crippen molar-refractivity contribution >= 4 is 23.4 Å². The molecule has 0 radical (unpaired) electrons. The number of carboxylic acids is 1. The van der Waals surface area contributed by atoms with E-state index in [1.165, 1.54) is 12.8 Å². The molecule has 0 atom stereocenters. The van der Waals surface area contributed by atoms with Gasteiger partial charge in [-0.15, -0.1) is 0 Å². The fourth-order valence-electron chi connectivity index (χ4n) is 2.25. The maximum absolute atomic E-state index is 10.9. The van der Waals surface area contributed by atoms with E-state index in [2.05, 4.69) is 17.2 Å². The zero-order valence-corrected chi connectivity index (χ0v) is 10.4. The van der Waals surface area contributed by atoms with Gasteiger partial charge in [0.2, 0.25) is 0 Å². The number of hydrogen-bond acceptors (Lipinski definition) is 3. The molecule has 1 aliphatic carbocycles. The highest BCUT2D eigenvalue weighted by atomic mass is 35.5. The molecule has 0 saturated heterocycles. The number of carboxylic acid groups (broad SMARTS) is 1. The van der Waals surface area contributed by atoms with Crippen LogP contribution in [0.15, 0.2) is 12.1 Å². The van der Waals surface area contributed by atoms with E-state index in [9.17, 15) is 4.79 Å². The van der Waals surface area contributed by atoms with E-state index >= 15 is 0 Å². The first-order valence-electron chi connectivity index (χ1n) is 5.68. The van der Waals surface area contributed by atoms with Gasteiger partial charge in [0.25, 0.3) is 0 Å². The number of anilines is 1. The van der Waals surface area contributed by atoms with Gasteiger partial charge in [0.15, 0.2) is 5.69 Å². The van der Waals surface area contributed by atoms with Crippen LogP contribution >= 0.6 is 11.6 Å². The van der Waals surface area contributed by atoms with Gasteiger partial charge in [-0.05, 0) is 31.9 Å². The molecule has 2 N–H and O–H groups in total. The van der Waals surface area contributed by atoms with Gasteiger partial charge < -0.3 is 10.4 Å². The zero-order chi connectivity index (χ0) is 12.5. The molecule has 0 bridgehead atoms. The number of nitrogens with one attached hydrogen (secondary N) is 1. The Bertz CT molecular complexity index is 442. The van der Waals surface area contributed by atoms with E-state index in [0.717, 1.165) is 12.8 Å². The molecule has 1 fully saturated rings. The molecule has 2 rings (SSSR count). The summed E-state index contributed by atoms with van der Waals surface area (Å²) in [6.07, 6.45) is 4.56. The first-order valence-corrected chi connectivity index (χ1v) is 6.06. The van der Waals surface area contributed by atoms with Crippen molar-refractivity contribution in [3.63, 3.8) is 0 Å². The van der Waals surface area contributed by atoms with Crippen molar-refractivity contribution < 1.29 is 9.90 Å². The molecule has 1 saturated carbocycles. The van der Waals surface area contributed by atoms with Crippen LogP contribution in [0.5, 0.6) is 0 Å². The van der Waals surface area contributed by atoms with Crippen LogP contribution in [0.4, 0.5) is 5.82 Å². The van der Waals surface area contributed by atoms with Crippen LogP contribution in [0, 0.1) is 0 Å². The summed E-state index contributed by atoms with van der Waals surface area (Å²) in [6.45, 7) is 2.14. The highest BCUT2D eigenvalue weighted by Gasteiger charge is 2.28. The average molecular weight is 255 g/mol. The topological polar surface area (TPSA) is 62.2 Å². The van der Waals surface area contributed by atoms with Crippen molar-refractivity contribution in [3.05, 3.63) is 22.8 Å². The fraction of sp³-hybridized carbons (Fsp3) is 0.500. The number of nitrogens with zero attached hydrogens (tertiary/aromatic N) is 1. The highest BCUT2D eigenvalue weighted by Crippen LogP contribution is 2.32. The van der Waals surface area contributed by atoms with Gasteiger partial charge in [-0.1, -0.05) is 24.4 Å². The van der Waals surface area contributed by atoms with Crippen molar-refractivity contribution in [2.75, 3.05) is 5.32 Å². The summed E-state index contributed by atoms with van der Waals surface area (Å²) < 4.78 is 0. The molecule has 1 aliphatic rings. The van der Waals surface area contributed by atoms with Crippen LogP contribution in [-0.2, 0) is 0 Å². The molecule has 1 aromatic rings. The van der Waals surface area contributed by atoms with E-state index < -0.39 is 5.97 Å². The largest absolute Gasteiger partial charge is 0.476 e. The first kappa shape index (κ1) is 12.2. The van der Waals surface area contributed by atoms with E-state index in [1.807, 2.05) is 0 Å². The summed E-state index contributed by atoms with van der Waals surface area (Å²) in [4.78, 5) is 15.0. The van der Waals surface area contributed by atoms with Crippen LogP contribution in [0.2, 0.25) is 5.02 Å². The number of aromatic carboxylic acids is 1. The zero-order valence-electron chi connectivity index (χ0n) is 9.66. The Kier molecular flexibility index (Phi) is 3.24. The van der Waals surface area contributed by atoms with E-state index in [-0.39, 0.29) is 16.3 Å². The molecule has 17 heavy (non-hydrogen) atoms. The van der Waals surface area contributed by atoms with Crippen molar-refractivity contribution in [3.8, 4) is 0 Å². The van der Waals surface area contributed by atoms with Gasteiger partial charge >= 0.3 is 5.97 Å². The van der Waals surface area contributed by atoms with E-state index in [0.29, 0.717) is 5.82 Å². The summed E-state index contributed by atoms with van der Waals surface area (Å²) in [5.41, 5.74) is -0.0744. The lowest BCUT2D eigenvalue weighted by Crippen LogP contribution is -2.31. The molecule has 1 heterocycles. The Balaban J connectivity index is 2.22. The van der Waals surface area contributed by atoms with Gasteiger partial charge in [0.1, 0.15) is 5.82 Å². The van der Waals surface area contributed by atoms with Gasteiger partial charge in [-0.25, -0.2) is 9.78 Å². The standard InChI is InChI=1S/C12H15ClN2O2/c1-12(6-2-3-7-12)15-9-5-4-8(13)10(14-9)11(16)17/h4-5H,2-3,6-7H2,1H3,(H,14,15)(H,16,17). The van der Waals surface area contributed by atoms with Crippen LogP contribution in [0.25, 0.3) is 0 Å². The molecule has 0 unspecified atom stereocenters. The molecule has 4 nitrogen and oxygen atoms in total. The van der Waals surface area contributed by atoms with E-state index in [4.69, 9.17) is 16.7 Å². The van der Waals surface area contributed by atoms with Gasteiger partial charge in [0.05, 0.1) is 5.02 Å². The number of pyridine rings is 1. The van der Waals surface area contributed by atoms with Crippen molar-refractivity contribution in [1.29, 1.82) is 0 Å². The lowest BCUT2D eigenvalue weighted by molar-refractivity contribution is 0.0691. The summed E-state index contributed by atoms with van der Waals surface area (Å²) in [5.74, 6) is -0.522. The van der Waals surface area contributed by atoms with E-state index in [1.54, 1.807) is 12.1 Å². The minimum Gasteiger partial charge on any atom is -0.476 e. The second kappa shape index (κ2) is 4.53. The maximum Gasteiger partial charge on any atom is 0.356 e. The third-order valence-corrected chi connectivity index (χ3v) is 3.49. The van der Waals surface area contributed by atoms with Crippen molar-refractivity contribution in [2.45, 2.75) is 38.1 Å². The SMILES string of the molecule is CC1(Nc2ccc(Cl)c(C(=O)O)n2)CCCC1. The van der Waals surface area contributed by atoms with Crippen molar-refractivity contribution in [1.82, 2.24) is 4.98 Å². The molecular formula is C12H15ClN2O2. The number of aromatic nitrogens is 1. The molecule has 0 aromatic carbocycles. The molecule has 92 valence electrons. The quantitative estimate of drug-likeness (QED) is 0.870. The third-order valence-electron chi connectivity index (χ3n) is 3.19. The lowest BCUT2D eigenvalue weighted by atomic mass is 10.0.